The highest BCUT2D eigenvalue weighted by atomic mass is 19.1. The van der Waals surface area contributed by atoms with Gasteiger partial charge in [-0.05, 0) is 29.3 Å². The first-order chi connectivity index (χ1) is 9.99. The second kappa shape index (κ2) is 4.75. The number of hydroxylamine groups is 2. The minimum absolute atomic E-state index is 0.0487. The molecule has 0 fully saturated rings. The number of nitrogens with zero attached hydrogens (tertiary/aromatic N) is 1. The molecule has 106 valence electrons. The fourth-order valence-electron chi connectivity index (χ4n) is 2.39. The number of carbonyl (C=O) groups excluding carboxylic acids is 2. The Kier molecular flexibility index (Phi) is 3.03. The second-order valence-electron chi connectivity index (χ2n) is 4.64. The Morgan fingerprint density at radius 3 is 2.43 bits per heavy atom. The Bertz CT molecular complexity index is 774. The van der Waals surface area contributed by atoms with E-state index in [1.165, 1.54) is 18.2 Å². The molecule has 21 heavy (non-hydrogen) atoms. The maximum Gasteiger partial charge on any atom is 0.284 e. The van der Waals surface area contributed by atoms with Crippen LogP contribution in [-0.4, -0.2) is 22.1 Å². The molecule has 0 aliphatic carbocycles. The number of hydrogen-bond donors (Lipinski definition) is 1. The molecule has 0 aromatic heterocycles. The van der Waals surface area contributed by atoms with Crippen LogP contribution in [0.5, 0.6) is 0 Å². The van der Waals surface area contributed by atoms with Gasteiger partial charge < -0.3 is 0 Å². The van der Waals surface area contributed by atoms with Gasteiger partial charge in [-0.1, -0.05) is 12.1 Å². The van der Waals surface area contributed by atoms with Gasteiger partial charge in [0.15, 0.2) is 0 Å². The minimum Gasteiger partial charge on any atom is -0.278 e. The van der Waals surface area contributed by atoms with E-state index in [2.05, 4.69) is 0 Å². The maximum absolute atomic E-state index is 13.9. The first kappa shape index (κ1) is 13.4. The van der Waals surface area contributed by atoms with Crippen molar-refractivity contribution in [1.29, 1.82) is 0 Å². The van der Waals surface area contributed by atoms with Crippen molar-refractivity contribution in [3.63, 3.8) is 0 Å². The van der Waals surface area contributed by atoms with E-state index in [0.717, 1.165) is 12.1 Å². The number of amides is 2. The number of carbonyl (C=O) groups is 2. The van der Waals surface area contributed by atoms with Crippen molar-refractivity contribution in [2.45, 2.75) is 6.42 Å². The molecule has 0 unspecified atom stereocenters. The van der Waals surface area contributed by atoms with Crippen LogP contribution in [-0.2, 0) is 11.2 Å². The third-order valence-electron chi connectivity index (χ3n) is 3.38. The molecular weight excluding hydrogens is 280 g/mol. The van der Waals surface area contributed by atoms with E-state index < -0.39 is 23.4 Å². The third kappa shape index (κ3) is 2.09. The third-order valence-corrected chi connectivity index (χ3v) is 3.38. The topological polar surface area (TPSA) is 57.6 Å². The van der Waals surface area contributed by atoms with Crippen LogP contribution in [0, 0.1) is 11.6 Å². The normalized spacial score (nSPS) is 14.3. The van der Waals surface area contributed by atoms with E-state index in [1.54, 1.807) is 6.07 Å². The average molecular weight is 289 g/mol. The van der Waals surface area contributed by atoms with Crippen LogP contribution in [0.4, 0.5) is 8.78 Å². The molecule has 1 aliphatic heterocycles. The number of imide groups is 1. The molecular formula is C15H9F2NO3. The quantitative estimate of drug-likeness (QED) is 0.648. The van der Waals surface area contributed by atoms with E-state index in [-0.39, 0.29) is 22.6 Å². The summed E-state index contributed by atoms with van der Waals surface area (Å²) in [4.78, 5) is 23.4. The van der Waals surface area contributed by atoms with Gasteiger partial charge in [0.2, 0.25) is 0 Å². The summed E-state index contributed by atoms with van der Waals surface area (Å²) >= 11 is 0. The van der Waals surface area contributed by atoms with Crippen molar-refractivity contribution in [2.75, 3.05) is 0 Å². The molecule has 0 spiro atoms. The van der Waals surface area contributed by atoms with Crippen LogP contribution >= 0.6 is 0 Å². The van der Waals surface area contributed by atoms with Crippen molar-refractivity contribution >= 4 is 11.8 Å². The highest BCUT2D eigenvalue weighted by Gasteiger charge is 2.32. The van der Waals surface area contributed by atoms with Crippen molar-refractivity contribution in [1.82, 2.24) is 5.06 Å². The van der Waals surface area contributed by atoms with Gasteiger partial charge in [0.25, 0.3) is 11.8 Å². The Hall–Kier alpha value is -2.60. The van der Waals surface area contributed by atoms with Gasteiger partial charge in [0, 0.05) is 17.2 Å². The zero-order valence-electron chi connectivity index (χ0n) is 10.6. The lowest BCUT2D eigenvalue weighted by atomic mass is 9.90. The van der Waals surface area contributed by atoms with E-state index in [0.29, 0.717) is 11.1 Å². The predicted molar refractivity (Wildman–Crippen MR) is 68.5 cm³/mol. The number of benzene rings is 2. The number of fused-ring (bicyclic) bond motifs is 1. The van der Waals surface area contributed by atoms with Crippen LogP contribution in [0.2, 0.25) is 0 Å². The van der Waals surface area contributed by atoms with Crippen LogP contribution in [0.1, 0.15) is 15.9 Å². The molecule has 1 N–H and O–H groups in total. The van der Waals surface area contributed by atoms with E-state index >= 15 is 0 Å². The number of halogens is 2. The molecule has 0 saturated heterocycles. The van der Waals surface area contributed by atoms with Gasteiger partial charge in [-0.25, -0.2) is 8.78 Å². The Morgan fingerprint density at radius 1 is 1.00 bits per heavy atom. The van der Waals surface area contributed by atoms with E-state index in [9.17, 15) is 23.6 Å². The molecule has 0 saturated carbocycles. The van der Waals surface area contributed by atoms with Gasteiger partial charge in [0.1, 0.15) is 11.6 Å². The molecule has 1 aliphatic rings. The fourth-order valence-corrected chi connectivity index (χ4v) is 2.39. The summed E-state index contributed by atoms with van der Waals surface area (Å²) in [5.41, 5.74) is 0.877. The van der Waals surface area contributed by atoms with E-state index in [4.69, 9.17) is 0 Å². The van der Waals surface area contributed by atoms with Gasteiger partial charge in [0.05, 0.1) is 6.42 Å². The second-order valence-corrected chi connectivity index (χ2v) is 4.64. The zero-order chi connectivity index (χ0) is 15.1. The van der Waals surface area contributed by atoms with Crippen LogP contribution < -0.4 is 0 Å². The van der Waals surface area contributed by atoms with Crippen LogP contribution in [0.15, 0.2) is 36.4 Å². The first-order valence-electron chi connectivity index (χ1n) is 6.12. The van der Waals surface area contributed by atoms with Crippen molar-refractivity contribution in [2.24, 2.45) is 0 Å². The standard InChI is InChI=1S/C15H9F2NO3/c16-8-4-5-10(13(17)6-8)9-2-1-3-11-12(9)7-14(19)18(21)15(11)20/h1-6,21H,7H2. The highest BCUT2D eigenvalue weighted by molar-refractivity contribution is 6.10. The molecule has 1 heterocycles. The molecule has 0 atom stereocenters. The van der Waals surface area contributed by atoms with Crippen molar-refractivity contribution < 1.29 is 23.6 Å². The largest absolute Gasteiger partial charge is 0.284 e. The smallest absolute Gasteiger partial charge is 0.278 e. The molecule has 2 amide bonds. The molecule has 6 heteroatoms. The average Bonchev–Trinajstić information content (AvgIpc) is 2.45. The summed E-state index contributed by atoms with van der Waals surface area (Å²) in [7, 11) is 0. The Labute approximate surface area is 118 Å². The molecule has 0 radical (unpaired) electrons. The summed E-state index contributed by atoms with van der Waals surface area (Å²) in [5, 5.41) is 9.40. The zero-order valence-corrected chi connectivity index (χ0v) is 10.6. The SMILES string of the molecule is O=C1Cc2c(cccc2-c2ccc(F)cc2F)C(=O)N1O. The number of hydrogen-bond acceptors (Lipinski definition) is 3. The maximum atomic E-state index is 13.9. The summed E-state index contributed by atoms with van der Waals surface area (Å²) in [6.07, 6.45) is -0.232. The van der Waals surface area contributed by atoms with Crippen molar-refractivity contribution in [3.8, 4) is 11.1 Å². The van der Waals surface area contributed by atoms with E-state index in [1.807, 2.05) is 0 Å². The van der Waals surface area contributed by atoms with Gasteiger partial charge in [-0.3, -0.25) is 14.8 Å². The summed E-state index contributed by atoms with van der Waals surface area (Å²) in [6.45, 7) is 0. The van der Waals surface area contributed by atoms with Crippen LogP contribution in [0.3, 0.4) is 0 Å². The lowest BCUT2D eigenvalue weighted by Crippen LogP contribution is -2.39. The van der Waals surface area contributed by atoms with Gasteiger partial charge in [-0.15, -0.1) is 0 Å². The van der Waals surface area contributed by atoms with Crippen LogP contribution in [0.25, 0.3) is 11.1 Å². The fraction of sp³-hybridized carbons (Fsp3) is 0.0667. The first-order valence-corrected chi connectivity index (χ1v) is 6.12. The molecule has 2 aromatic rings. The monoisotopic (exact) mass is 289 g/mol. The van der Waals surface area contributed by atoms with Gasteiger partial charge >= 0.3 is 0 Å². The highest BCUT2D eigenvalue weighted by Crippen LogP contribution is 2.32. The number of rotatable bonds is 1. The lowest BCUT2D eigenvalue weighted by Gasteiger charge is -2.23. The molecule has 0 bridgehead atoms. The Balaban J connectivity index is 2.22. The predicted octanol–water partition coefficient (Wildman–Crippen LogP) is 2.55. The Morgan fingerprint density at radius 2 is 1.71 bits per heavy atom. The summed E-state index contributed by atoms with van der Waals surface area (Å²) in [6, 6.07) is 7.59. The minimum atomic E-state index is -0.856. The molecule has 4 nitrogen and oxygen atoms in total. The lowest BCUT2D eigenvalue weighted by molar-refractivity contribution is -0.153. The van der Waals surface area contributed by atoms with Crippen molar-refractivity contribution in [3.05, 3.63) is 59.2 Å². The summed E-state index contributed by atoms with van der Waals surface area (Å²) in [5.74, 6) is -3.14. The molecule has 2 aromatic carbocycles. The summed E-state index contributed by atoms with van der Waals surface area (Å²) < 4.78 is 26.9. The van der Waals surface area contributed by atoms with Gasteiger partial charge in [-0.2, -0.15) is 5.06 Å². The molecule has 3 rings (SSSR count).